The summed E-state index contributed by atoms with van der Waals surface area (Å²) in [4.78, 5) is 17.4. The highest BCUT2D eigenvalue weighted by atomic mass is 16.6. The minimum Gasteiger partial charge on any atom is -0.358 e. The van der Waals surface area contributed by atoms with Gasteiger partial charge in [0.25, 0.3) is 0 Å². The van der Waals surface area contributed by atoms with Crippen LogP contribution in [0.4, 0.5) is 5.69 Å². The van der Waals surface area contributed by atoms with Crippen molar-refractivity contribution in [2.45, 2.75) is 18.5 Å². The number of rotatable bonds is 3. The Bertz CT molecular complexity index is 589. The van der Waals surface area contributed by atoms with E-state index >= 15 is 0 Å². The van der Waals surface area contributed by atoms with E-state index in [1.807, 2.05) is 42.5 Å². The van der Waals surface area contributed by atoms with E-state index in [4.69, 9.17) is 0 Å². The molecule has 0 aliphatic carbocycles. The fourth-order valence-corrected chi connectivity index (χ4v) is 2.86. The van der Waals surface area contributed by atoms with Gasteiger partial charge in [-0.05, 0) is 23.8 Å². The van der Waals surface area contributed by atoms with Gasteiger partial charge in [-0.2, -0.15) is 0 Å². The van der Waals surface area contributed by atoms with E-state index in [1.54, 1.807) is 12.4 Å². The standard InChI is InChI=1S/C15H15N3O2/c19-18(20)14-8-10-17(13-6-2-1-3-7-13)15(14)12-5-4-9-16-11-12/h1-7,9,11,14-15H,8,10H2/t14-,15+/m0/s1. The number of pyridine rings is 1. The lowest BCUT2D eigenvalue weighted by atomic mass is 10.0. The maximum absolute atomic E-state index is 11.3. The van der Waals surface area contributed by atoms with Crippen LogP contribution in [-0.4, -0.2) is 22.5 Å². The molecule has 2 aromatic rings. The molecule has 0 amide bonds. The highest BCUT2D eigenvalue weighted by Crippen LogP contribution is 2.37. The van der Waals surface area contributed by atoms with E-state index in [2.05, 4.69) is 9.88 Å². The smallest absolute Gasteiger partial charge is 0.239 e. The number of aromatic nitrogens is 1. The van der Waals surface area contributed by atoms with E-state index in [0.717, 1.165) is 11.3 Å². The molecule has 1 saturated heterocycles. The van der Waals surface area contributed by atoms with Crippen LogP contribution >= 0.6 is 0 Å². The minimum atomic E-state index is -0.584. The molecule has 0 radical (unpaired) electrons. The molecule has 20 heavy (non-hydrogen) atoms. The first kappa shape index (κ1) is 12.6. The highest BCUT2D eigenvalue weighted by Gasteiger charge is 2.43. The molecule has 0 N–H and O–H groups in total. The fraction of sp³-hybridized carbons (Fsp3) is 0.267. The predicted molar refractivity (Wildman–Crippen MR) is 76.2 cm³/mol. The first-order valence-corrected chi connectivity index (χ1v) is 6.62. The number of benzene rings is 1. The van der Waals surface area contributed by atoms with E-state index < -0.39 is 6.04 Å². The first-order valence-electron chi connectivity index (χ1n) is 6.62. The molecule has 1 aliphatic rings. The van der Waals surface area contributed by atoms with Crippen molar-refractivity contribution in [3.63, 3.8) is 0 Å². The summed E-state index contributed by atoms with van der Waals surface area (Å²) in [5, 5.41) is 11.3. The second-order valence-corrected chi connectivity index (χ2v) is 4.90. The summed E-state index contributed by atoms with van der Waals surface area (Å²) < 4.78 is 0. The maximum atomic E-state index is 11.3. The molecule has 2 heterocycles. The molecule has 2 atom stereocenters. The largest absolute Gasteiger partial charge is 0.358 e. The molecule has 3 rings (SSSR count). The summed E-state index contributed by atoms with van der Waals surface area (Å²) in [5.41, 5.74) is 1.92. The lowest BCUT2D eigenvalue weighted by molar-refractivity contribution is -0.523. The van der Waals surface area contributed by atoms with Crippen molar-refractivity contribution in [3.8, 4) is 0 Å². The molecule has 0 unspecified atom stereocenters. The van der Waals surface area contributed by atoms with Gasteiger partial charge in [0.05, 0.1) is 0 Å². The number of hydrogen-bond acceptors (Lipinski definition) is 4. The van der Waals surface area contributed by atoms with Gasteiger partial charge >= 0.3 is 0 Å². The third kappa shape index (κ3) is 2.22. The number of anilines is 1. The van der Waals surface area contributed by atoms with E-state index in [1.165, 1.54) is 0 Å². The van der Waals surface area contributed by atoms with Gasteiger partial charge in [-0.15, -0.1) is 0 Å². The highest BCUT2D eigenvalue weighted by molar-refractivity contribution is 5.50. The third-order valence-corrected chi connectivity index (χ3v) is 3.75. The zero-order valence-electron chi connectivity index (χ0n) is 10.9. The van der Waals surface area contributed by atoms with Crippen molar-refractivity contribution >= 4 is 5.69 Å². The molecule has 1 aromatic heterocycles. The SMILES string of the molecule is O=[N+]([O-])[C@H]1CCN(c2ccccc2)[C@@H]1c1cccnc1. The summed E-state index contributed by atoms with van der Waals surface area (Å²) in [5.74, 6) is 0. The molecule has 0 bridgehead atoms. The van der Waals surface area contributed by atoms with Gasteiger partial charge in [-0.3, -0.25) is 15.1 Å². The zero-order valence-corrected chi connectivity index (χ0v) is 10.9. The van der Waals surface area contributed by atoms with Crippen molar-refractivity contribution in [2.24, 2.45) is 0 Å². The number of para-hydroxylation sites is 1. The van der Waals surface area contributed by atoms with Gasteiger partial charge in [0.2, 0.25) is 6.04 Å². The normalized spacial score (nSPS) is 21.9. The van der Waals surface area contributed by atoms with E-state index in [9.17, 15) is 10.1 Å². The van der Waals surface area contributed by atoms with Gasteiger partial charge in [-0.25, -0.2) is 0 Å². The Hall–Kier alpha value is -2.43. The second kappa shape index (κ2) is 5.28. The molecular weight excluding hydrogens is 254 g/mol. The average molecular weight is 269 g/mol. The van der Waals surface area contributed by atoms with Crippen molar-refractivity contribution in [1.82, 2.24) is 4.98 Å². The summed E-state index contributed by atoms with van der Waals surface area (Å²) in [6.07, 6.45) is 3.97. The molecular formula is C15H15N3O2. The molecule has 102 valence electrons. The maximum Gasteiger partial charge on any atom is 0.239 e. The van der Waals surface area contributed by atoms with Crippen molar-refractivity contribution in [2.75, 3.05) is 11.4 Å². The van der Waals surface area contributed by atoms with Crippen molar-refractivity contribution in [1.29, 1.82) is 0 Å². The summed E-state index contributed by atoms with van der Waals surface area (Å²) >= 11 is 0. The van der Waals surface area contributed by atoms with E-state index in [-0.39, 0.29) is 11.0 Å². The van der Waals surface area contributed by atoms with Gasteiger partial charge < -0.3 is 4.90 Å². The molecule has 1 aliphatic heterocycles. The Labute approximate surface area is 117 Å². The van der Waals surface area contributed by atoms with Crippen LogP contribution in [0, 0.1) is 10.1 Å². The van der Waals surface area contributed by atoms with Crippen LogP contribution in [-0.2, 0) is 0 Å². The Kier molecular flexibility index (Phi) is 3.33. The molecule has 1 aromatic carbocycles. The van der Waals surface area contributed by atoms with Crippen LogP contribution in [0.1, 0.15) is 18.0 Å². The van der Waals surface area contributed by atoms with Crippen LogP contribution in [0.3, 0.4) is 0 Å². The van der Waals surface area contributed by atoms with Crippen LogP contribution in [0.5, 0.6) is 0 Å². The van der Waals surface area contributed by atoms with Crippen LogP contribution in [0.15, 0.2) is 54.9 Å². The second-order valence-electron chi connectivity index (χ2n) is 4.90. The number of hydrogen-bond donors (Lipinski definition) is 0. The Balaban J connectivity index is 2.00. The van der Waals surface area contributed by atoms with Crippen molar-refractivity contribution < 1.29 is 4.92 Å². The van der Waals surface area contributed by atoms with Gasteiger partial charge in [0.15, 0.2) is 0 Å². The zero-order chi connectivity index (χ0) is 13.9. The summed E-state index contributed by atoms with van der Waals surface area (Å²) in [7, 11) is 0. The van der Waals surface area contributed by atoms with Crippen LogP contribution in [0.25, 0.3) is 0 Å². The molecule has 0 spiro atoms. The summed E-state index contributed by atoms with van der Waals surface area (Å²) in [6, 6.07) is 12.7. The average Bonchev–Trinajstić information content (AvgIpc) is 2.94. The lowest BCUT2D eigenvalue weighted by Gasteiger charge is -2.27. The molecule has 5 nitrogen and oxygen atoms in total. The van der Waals surface area contributed by atoms with Crippen LogP contribution < -0.4 is 4.90 Å². The number of nitrogens with zero attached hydrogens (tertiary/aromatic N) is 3. The third-order valence-electron chi connectivity index (χ3n) is 3.75. The quantitative estimate of drug-likeness (QED) is 0.635. The Morgan fingerprint density at radius 1 is 1.20 bits per heavy atom. The van der Waals surface area contributed by atoms with E-state index in [0.29, 0.717) is 13.0 Å². The van der Waals surface area contributed by atoms with Gasteiger partial charge in [0, 0.05) is 36.0 Å². The topological polar surface area (TPSA) is 59.3 Å². The molecule has 5 heteroatoms. The minimum absolute atomic E-state index is 0.166. The van der Waals surface area contributed by atoms with Crippen molar-refractivity contribution in [3.05, 3.63) is 70.5 Å². The predicted octanol–water partition coefficient (Wildman–Crippen LogP) is 2.68. The number of nitro groups is 1. The van der Waals surface area contributed by atoms with Crippen LogP contribution in [0.2, 0.25) is 0 Å². The Morgan fingerprint density at radius 2 is 2.00 bits per heavy atom. The Morgan fingerprint density at radius 3 is 2.65 bits per heavy atom. The first-order chi connectivity index (χ1) is 9.77. The van der Waals surface area contributed by atoms with Gasteiger partial charge in [0.1, 0.15) is 6.04 Å². The lowest BCUT2D eigenvalue weighted by Crippen LogP contribution is -2.31. The molecule has 1 fully saturated rings. The molecule has 0 saturated carbocycles. The summed E-state index contributed by atoms with van der Waals surface area (Å²) in [6.45, 7) is 0.690. The van der Waals surface area contributed by atoms with Gasteiger partial charge in [-0.1, -0.05) is 24.3 Å². The fourth-order valence-electron chi connectivity index (χ4n) is 2.86. The monoisotopic (exact) mass is 269 g/mol.